The van der Waals surface area contributed by atoms with Gasteiger partial charge in [-0.3, -0.25) is 4.79 Å². The molecule has 10 heteroatoms. The number of rotatable bonds is 8. The molecule has 29 heavy (non-hydrogen) atoms. The summed E-state index contributed by atoms with van der Waals surface area (Å²) in [5, 5.41) is 7.09. The summed E-state index contributed by atoms with van der Waals surface area (Å²) < 4.78 is 38.9. The predicted molar refractivity (Wildman–Crippen MR) is 108 cm³/mol. The van der Waals surface area contributed by atoms with Crippen molar-refractivity contribution in [3.63, 3.8) is 0 Å². The van der Waals surface area contributed by atoms with E-state index in [4.69, 9.17) is 11.6 Å². The van der Waals surface area contributed by atoms with E-state index in [9.17, 15) is 18.0 Å². The Hall–Kier alpha value is -2.13. The molecule has 0 radical (unpaired) electrons. The number of alkyl halides is 3. The highest BCUT2D eigenvalue weighted by Gasteiger charge is 2.30. The SMILES string of the molecule is CCC(CC)[C@@H](CNc1cnn(-c2ccc(C(F)(F)F)cn2)c(=O)c1Cl)N(C)C. The molecule has 2 aromatic heterocycles. The Labute approximate surface area is 172 Å². The van der Waals surface area contributed by atoms with Gasteiger partial charge in [-0.05, 0) is 32.1 Å². The van der Waals surface area contributed by atoms with E-state index in [0.717, 1.165) is 29.7 Å². The number of nitrogens with one attached hydrogen (secondary N) is 1. The van der Waals surface area contributed by atoms with Gasteiger partial charge in [-0.25, -0.2) is 4.98 Å². The fraction of sp³-hybridized carbons (Fsp3) is 0.526. The molecule has 0 bridgehead atoms. The van der Waals surface area contributed by atoms with Gasteiger partial charge in [0.15, 0.2) is 5.82 Å². The quantitative estimate of drug-likeness (QED) is 0.682. The molecule has 2 aromatic rings. The first-order valence-corrected chi connectivity index (χ1v) is 9.69. The van der Waals surface area contributed by atoms with Crippen LogP contribution in [0, 0.1) is 5.92 Å². The van der Waals surface area contributed by atoms with Crippen LogP contribution in [-0.4, -0.2) is 46.3 Å². The fourth-order valence-corrected chi connectivity index (χ4v) is 3.41. The van der Waals surface area contributed by atoms with E-state index in [1.165, 1.54) is 6.20 Å². The maximum absolute atomic E-state index is 12.7. The number of nitrogens with zero attached hydrogens (tertiary/aromatic N) is 4. The largest absolute Gasteiger partial charge is 0.417 e. The summed E-state index contributed by atoms with van der Waals surface area (Å²) in [4.78, 5) is 18.4. The van der Waals surface area contributed by atoms with Gasteiger partial charge < -0.3 is 10.2 Å². The molecule has 0 saturated carbocycles. The van der Waals surface area contributed by atoms with Crippen LogP contribution in [0.1, 0.15) is 32.3 Å². The van der Waals surface area contributed by atoms with Crippen molar-refractivity contribution in [3.05, 3.63) is 45.5 Å². The molecular weight excluding hydrogens is 407 g/mol. The zero-order valence-electron chi connectivity index (χ0n) is 16.8. The highest BCUT2D eigenvalue weighted by atomic mass is 35.5. The van der Waals surface area contributed by atoms with Crippen LogP contribution in [0.15, 0.2) is 29.3 Å². The van der Waals surface area contributed by atoms with Crippen LogP contribution in [0.25, 0.3) is 5.82 Å². The molecular formula is C19H25ClF3N5O. The number of hydrogen-bond donors (Lipinski definition) is 1. The summed E-state index contributed by atoms with van der Waals surface area (Å²) in [5.74, 6) is 0.431. The molecule has 0 aromatic carbocycles. The molecule has 1 N–H and O–H groups in total. The maximum Gasteiger partial charge on any atom is 0.417 e. The van der Waals surface area contributed by atoms with Crippen LogP contribution >= 0.6 is 11.6 Å². The second kappa shape index (κ2) is 9.58. The van der Waals surface area contributed by atoms with E-state index in [1.54, 1.807) is 0 Å². The van der Waals surface area contributed by atoms with Gasteiger partial charge in [0.1, 0.15) is 5.02 Å². The summed E-state index contributed by atoms with van der Waals surface area (Å²) in [6.45, 7) is 4.84. The normalized spacial score (nSPS) is 13.2. The number of likely N-dealkylation sites (N-methyl/N-ethyl adjacent to an activating group) is 1. The molecule has 6 nitrogen and oxygen atoms in total. The number of aromatic nitrogens is 3. The summed E-state index contributed by atoms with van der Waals surface area (Å²) in [5.41, 5.74) is -1.19. The molecule has 0 unspecified atom stereocenters. The molecule has 0 aliphatic carbocycles. The van der Waals surface area contributed by atoms with E-state index in [0.29, 0.717) is 24.3 Å². The van der Waals surface area contributed by atoms with Gasteiger partial charge >= 0.3 is 6.18 Å². The predicted octanol–water partition coefficient (Wildman–Crippen LogP) is 4.08. The van der Waals surface area contributed by atoms with Crippen molar-refractivity contribution in [2.45, 2.75) is 38.9 Å². The first kappa shape index (κ1) is 23.2. The Bertz CT molecular complexity index is 864. The Morgan fingerprint density at radius 3 is 2.34 bits per heavy atom. The van der Waals surface area contributed by atoms with E-state index < -0.39 is 17.3 Å². The van der Waals surface area contributed by atoms with Crippen LogP contribution in [0.2, 0.25) is 5.02 Å². The van der Waals surface area contributed by atoms with Crippen LogP contribution < -0.4 is 10.9 Å². The van der Waals surface area contributed by atoms with Gasteiger partial charge in [0.2, 0.25) is 0 Å². The molecule has 0 spiro atoms. The van der Waals surface area contributed by atoms with Crippen molar-refractivity contribution >= 4 is 17.3 Å². The van der Waals surface area contributed by atoms with E-state index in [-0.39, 0.29) is 16.9 Å². The minimum atomic E-state index is -4.51. The van der Waals surface area contributed by atoms with E-state index in [2.05, 4.69) is 34.1 Å². The van der Waals surface area contributed by atoms with Crippen molar-refractivity contribution in [2.75, 3.05) is 26.0 Å². The molecule has 0 aliphatic heterocycles. The molecule has 0 fully saturated rings. The third kappa shape index (κ3) is 5.48. The van der Waals surface area contributed by atoms with Gasteiger partial charge in [-0.15, -0.1) is 0 Å². The van der Waals surface area contributed by atoms with Crippen molar-refractivity contribution in [3.8, 4) is 5.82 Å². The van der Waals surface area contributed by atoms with Gasteiger partial charge in [0.25, 0.3) is 5.56 Å². The van der Waals surface area contributed by atoms with E-state index >= 15 is 0 Å². The van der Waals surface area contributed by atoms with Crippen molar-refractivity contribution < 1.29 is 13.2 Å². The second-order valence-corrected chi connectivity index (χ2v) is 7.36. The third-order valence-electron chi connectivity index (χ3n) is 4.97. The Balaban J connectivity index is 2.24. The van der Waals surface area contributed by atoms with Crippen molar-refractivity contribution in [1.82, 2.24) is 19.7 Å². The topological polar surface area (TPSA) is 63.1 Å². The molecule has 0 amide bonds. The molecule has 2 rings (SSSR count). The third-order valence-corrected chi connectivity index (χ3v) is 5.33. The van der Waals surface area contributed by atoms with Gasteiger partial charge in [-0.2, -0.15) is 23.0 Å². The number of pyridine rings is 1. The monoisotopic (exact) mass is 431 g/mol. The average Bonchev–Trinajstić information content (AvgIpc) is 2.67. The molecule has 2 heterocycles. The second-order valence-electron chi connectivity index (χ2n) is 6.98. The molecule has 160 valence electrons. The van der Waals surface area contributed by atoms with Crippen molar-refractivity contribution in [2.24, 2.45) is 5.92 Å². The number of anilines is 1. The first-order chi connectivity index (χ1) is 13.6. The lowest BCUT2D eigenvalue weighted by atomic mass is 9.93. The van der Waals surface area contributed by atoms with Gasteiger partial charge in [0.05, 0.1) is 17.4 Å². The Kier molecular flexibility index (Phi) is 7.65. The zero-order chi connectivity index (χ0) is 21.8. The van der Waals surface area contributed by atoms with Gasteiger partial charge in [-0.1, -0.05) is 38.3 Å². The lowest BCUT2D eigenvalue weighted by Gasteiger charge is -2.31. The lowest BCUT2D eigenvalue weighted by Crippen LogP contribution is -2.40. The number of halogens is 4. The minimum Gasteiger partial charge on any atom is -0.381 e. The average molecular weight is 432 g/mol. The van der Waals surface area contributed by atoms with Crippen LogP contribution in [0.4, 0.5) is 18.9 Å². The summed E-state index contributed by atoms with van der Waals surface area (Å²) in [6.07, 6.45) is -0.431. The molecule has 1 atom stereocenters. The van der Waals surface area contributed by atoms with Crippen LogP contribution in [0.5, 0.6) is 0 Å². The highest BCUT2D eigenvalue weighted by Crippen LogP contribution is 2.28. The van der Waals surface area contributed by atoms with Crippen LogP contribution in [-0.2, 0) is 6.18 Å². The summed E-state index contributed by atoms with van der Waals surface area (Å²) >= 11 is 6.21. The van der Waals surface area contributed by atoms with Gasteiger partial charge in [0, 0.05) is 18.8 Å². The Morgan fingerprint density at radius 2 is 1.86 bits per heavy atom. The summed E-state index contributed by atoms with van der Waals surface area (Å²) in [7, 11) is 4.00. The smallest absolute Gasteiger partial charge is 0.381 e. The standard InChI is InChI=1S/C19H25ClF3N5O/c1-5-12(6-2)15(27(3)4)11-24-14-10-26-28(18(29)17(14)20)16-8-7-13(9-25-16)19(21,22)23/h7-10,12,15,24H,5-6,11H2,1-4H3/t15-/m1/s1. The minimum absolute atomic E-state index is 0.0420. The Morgan fingerprint density at radius 1 is 1.21 bits per heavy atom. The maximum atomic E-state index is 12.7. The lowest BCUT2D eigenvalue weighted by molar-refractivity contribution is -0.137. The first-order valence-electron chi connectivity index (χ1n) is 9.31. The van der Waals surface area contributed by atoms with Crippen molar-refractivity contribution in [1.29, 1.82) is 0 Å². The van der Waals surface area contributed by atoms with E-state index in [1.807, 2.05) is 14.1 Å². The number of hydrogen-bond acceptors (Lipinski definition) is 5. The van der Waals surface area contributed by atoms with Crippen LogP contribution in [0.3, 0.4) is 0 Å². The molecule has 0 aliphatic rings. The molecule has 0 saturated heterocycles. The summed E-state index contributed by atoms with van der Waals surface area (Å²) in [6, 6.07) is 2.16. The highest BCUT2D eigenvalue weighted by molar-refractivity contribution is 6.32. The zero-order valence-corrected chi connectivity index (χ0v) is 17.6. The fourth-order valence-electron chi connectivity index (χ4n) is 3.22.